The van der Waals surface area contributed by atoms with E-state index in [0.717, 1.165) is 62.8 Å². The van der Waals surface area contributed by atoms with Crippen LogP contribution in [0.3, 0.4) is 0 Å². The average molecular weight is 554 g/mol. The highest BCUT2D eigenvalue weighted by atomic mass is 127. The fourth-order valence-electron chi connectivity index (χ4n) is 4.01. The van der Waals surface area contributed by atoms with E-state index in [2.05, 4.69) is 31.6 Å². The first-order valence-electron chi connectivity index (χ1n) is 11.3. The molecular formula is C24H36FIN6. The number of hydrogen-bond acceptors (Lipinski definition) is 4. The normalized spacial score (nSPS) is 15.2. The van der Waals surface area contributed by atoms with Gasteiger partial charge in [0.1, 0.15) is 5.82 Å². The molecule has 1 aliphatic heterocycles. The third-order valence-corrected chi connectivity index (χ3v) is 5.84. The lowest BCUT2D eigenvalue weighted by atomic mass is 10.0. The molecule has 0 amide bonds. The zero-order valence-electron chi connectivity index (χ0n) is 19.4. The summed E-state index contributed by atoms with van der Waals surface area (Å²) in [6, 6.07) is 11.9. The zero-order chi connectivity index (χ0) is 22.1. The lowest BCUT2D eigenvalue weighted by molar-refractivity contribution is 0.196. The molecule has 32 heavy (non-hydrogen) atoms. The van der Waals surface area contributed by atoms with Crippen LogP contribution in [-0.2, 0) is 13.1 Å². The Morgan fingerprint density at radius 1 is 1.19 bits per heavy atom. The fourth-order valence-corrected chi connectivity index (χ4v) is 4.01. The molecule has 0 aliphatic carbocycles. The standard InChI is InChI=1S/C24H35FN6.HI/c1-4-31(5-2)23-10-9-19(16-22(23)25)17-28-24(26-3)29-20-11-14-30(15-12-20)18-21-8-6-7-13-27-21;/h6-10,13,16,20H,4-5,11-12,14-15,17-18H2,1-3H3,(H2,26,28,29);1H. The minimum atomic E-state index is -0.175. The number of hydrogen-bond donors (Lipinski definition) is 2. The quantitative estimate of drug-likeness (QED) is 0.294. The molecule has 2 N–H and O–H groups in total. The Kier molecular flexibility index (Phi) is 11.2. The van der Waals surface area contributed by atoms with Gasteiger partial charge in [0.25, 0.3) is 0 Å². The number of aliphatic imine (C=N–C) groups is 1. The number of likely N-dealkylation sites (tertiary alicyclic amines) is 1. The maximum absolute atomic E-state index is 14.5. The van der Waals surface area contributed by atoms with E-state index >= 15 is 0 Å². The smallest absolute Gasteiger partial charge is 0.191 e. The van der Waals surface area contributed by atoms with E-state index in [1.165, 1.54) is 0 Å². The first-order chi connectivity index (χ1) is 15.1. The van der Waals surface area contributed by atoms with Crippen molar-refractivity contribution in [3.63, 3.8) is 0 Å². The molecule has 3 rings (SSSR count). The van der Waals surface area contributed by atoms with Crippen molar-refractivity contribution in [1.82, 2.24) is 20.5 Å². The van der Waals surface area contributed by atoms with E-state index in [9.17, 15) is 4.39 Å². The van der Waals surface area contributed by atoms with Crippen molar-refractivity contribution in [2.24, 2.45) is 4.99 Å². The minimum absolute atomic E-state index is 0. The Morgan fingerprint density at radius 3 is 2.53 bits per heavy atom. The van der Waals surface area contributed by atoms with Crippen molar-refractivity contribution in [2.45, 2.75) is 45.8 Å². The first kappa shape index (κ1) is 26.3. The second-order valence-corrected chi connectivity index (χ2v) is 7.90. The second-order valence-electron chi connectivity index (χ2n) is 7.90. The van der Waals surface area contributed by atoms with E-state index < -0.39 is 0 Å². The minimum Gasteiger partial charge on any atom is -0.370 e. The van der Waals surface area contributed by atoms with Gasteiger partial charge in [0.15, 0.2) is 5.96 Å². The van der Waals surface area contributed by atoms with Crippen LogP contribution in [0.1, 0.15) is 37.9 Å². The number of piperidine rings is 1. The van der Waals surface area contributed by atoms with Crippen LogP contribution in [0.15, 0.2) is 47.6 Å². The van der Waals surface area contributed by atoms with Gasteiger partial charge >= 0.3 is 0 Å². The van der Waals surface area contributed by atoms with E-state index in [-0.39, 0.29) is 29.8 Å². The molecule has 0 radical (unpaired) electrons. The summed E-state index contributed by atoms with van der Waals surface area (Å²) in [6.07, 6.45) is 3.96. The van der Waals surface area contributed by atoms with Crippen molar-refractivity contribution in [3.05, 3.63) is 59.7 Å². The Morgan fingerprint density at radius 2 is 1.94 bits per heavy atom. The first-order valence-corrected chi connectivity index (χ1v) is 11.3. The molecule has 1 aromatic carbocycles. The van der Waals surface area contributed by atoms with Crippen LogP contribution in [0.25, 0.3) is 0 Å². The number of pyridine rings is 1. The molecule has 0 spiro atoms. The molecule has 0 bridgehead atoms. The maximum atomic E-state index is 14.5. The molecular weight excluding hydrogens is 518 g/mol. The van der Waals surface area contributed by atoms with Gasteiger partial charge in [0.2, 0.25) is 0 Å². The fraction of sp³-hybridized carbons (Fsp3) is 0.500. The number of anilines is 1. The number of nitrogens with one attached hydrogen (secondary N) is 2. The molecule has 6 nitrogen and oxygen atoms in total. The van der Waals surface area contributed by atoms with Gasteiger partial charge in [-0.1, -0.05) is 12.1 Å². The van der Waals surface area contributed by atoms with Gasteiger partial charge in [0.05, 0.1) is 11.4 Å². The number of nitrogens with zero attached hydrogens (tertiary/aromatic N) is 4. The summed E-state index contributed by atoms with van der Waals surface area (Å²) in [5.74, 6) is 0.586. The number of halogens is 2. The van der Waals surface area contributed by atoms with Crippen LogP contribution in [0, 0.1) is 5.82 Å². The van der Waals surface area contributed by atoms with Crippen molar-refractivity contribution in [3.8, 4) is 0 Å². The molecule has 8 heteroatoms. The number of rotatable bonds is 8. The van der Waals surface area contributed by atoms with Gasteiger partial charge in [0, 0.05) is 58.6 Å². The van der Waals surface area contributed by atoms with Crippen molar-refractivity contribution < 1.29 is 4.39 Å². The highest BCUT2D eigenvalue weighted by Crippen LogP contribution is 2.20. The predicted octanol–water partition coefficient (Wildman–Crippen LogP) is 4.01. The third-order valence-electron chi connectivity index (χ3n) is 5.84. The lowest BCUT2D eigenvalue weighted by Gasteiger charge is -2.32. The maximum Gasteiger partial charge on any atom is 0.191 e. The van der Waals surface area contributed by atoms with E-state index in [0.29, 0.717) is 18.3 Å². The van der Waals surface area contributed by atoms with E-state index in [1.807, 2.05) is 49.2 Å². The molecule has 2 heterocycles. The van der Waals surface area contributed by atoms with Gasteiger partial charge in [-0.3, -0.25) is 14.9 Å². The van der Waals surface area contributed by atoms with Crippen LogP contribution >= 0.6 is 24.0 Å². The SMILES string of the molecule is CCN(CC)c1ccc(CNC(=NC)NC2CCN(Cc3ccccn3)CC2)cc1F.I. The molecule has 0 saturated carbocycles. The van der Waals surface area contributed by atoms with Crippen molar-refractivity contribution in [2.75, 3.05) is 38.1 Å². The summed E-state index contributed by atoms with van der Waals surface area (Å²) >= 11 is 0. The molecule has 1 saturated heterocycles. The topological polar surface area (TPSA) is 55.8 Å². The van der Waals surface area contributed by atoms with Gasteiger partial charge < -0.3 is 15.5 Å². The summed E-state index contributed by atoms with van der Waals surface area (Å²) in [5.41, 5.74) is 2.68. The molecule has 176 valence electrons. The van der Waals surface area contributed by atoms with Crippen molar-refractivity contribution in [1.29, 1.82) is 0 Å². The molecule has 1 fully saturated rings. The molecule has 0 unspecified atom stereocenters. The summed E-state index contributed by atoms with van der Waals surface area (Å²) in [6.45, 7) is 9.16. The van der Waals surface area contributed by atoms with Gasteiger partial charge in [-0.2, -0.15) is 0 Å². The molecule has 0 atom stereocenters. The average Bonchev–Trinajstić information content (AvgIpc) is 2.80. The number of guanidine groups is 1. The van der Waals surface area contributed by atoms with E-state index in [1.54, 1.807) is 13.1 Å². The predicted molar refractivity (Wildman–Crippen MR) is 141 cm³/mol. The monoisotopic (exact) mass is 554 g/mol. The highest BCUT2D eigenvalue weighted by Gasteiger charge is 2.20. The van der Waals surface area contributed by atoms with Crippen LogP contribution in [-0.4, -0.2) is 55.1 Å². The summed E-state index contributed by atoms with van der Waals surface area (Å²) < 4.78 is 14.5. The molecule has 1 aromatic heterocycles. The van der Waals surface area contributed by atoms with Gasteiger partial charge in [-0.15, -0.1) is 24.0 Å². The van der Waals surface area contributed by atoms with Crippen molar-refractivity contribution >= 4 is 35.6 Å². The Balaban J connectivity index is 0.00000363. The van der Waals surface area contributed by atoms with E-state index in [4.69, 9.17) is 0 Å². The Bertz CT molecular complexity index is 836. The summed E-state index contributed by atoms with van der Waals surface area (Å²) in [5, 5.41) is 6.84. The van der Waals surface area contributed by atoms with Crippen LogP contribution in [0.2, 0.25) is 0 Å². The highest BCUT2D eigenvalue weighted by molar-refractivity contribution is 14.0. The van der Waals surface area contributed by atoms with Crippen LogP contribution in [0.5, 0.6) is 0 Å². The van der Waals surface area contributed by atoms with Gasteiger partial charge in [-0.05, 0) is 56.5 Å². The Hall–Kier alpha value is -1.94. The molecule has 2 aromatic rings. The zero-order valence-corrected chi connectivity index (χ0v) is 21.7. The summed E-state index contributed by atoms with van der Waals surface area (Å²) in [7, 11) is 1.77. The largest absolute Gasteiger partial charge is 0.370 e. The van der Waals surface area contributed by atoms with Crippen LogP contribution < -0.4 is 15.5 Å². The van der Waals surface area contributed by atoms with Gasteiger partial charge in [-0.25, -0.2) is 4.39 Å². The second kappa shape index (κ2) is 13.6. The summed E-state index contributed by atoms with van der Waals surface area (Å²) in [4.78, 5) is 13.2. The molecule has 1 aliphatic rings. The third kappa shape index (κ3) is 7.58. The van der Waals surface area contributed by atoms with Crippen LogP contribution in [0.4, 0.5) is 10.1 Å². The lowest BCUT2D eigenvalue weighted by Crippen LogP contribution is -2.48. The Labute approximate surface area is 208 Å². The number of aromatic nitrogens is 1. The number of benzene rings is 1.